The molecule has 7 nitrogen and oxygen atoms in total. The third-order valence-corrected chi connectivity index (χ3v) is 4.71. The van der Waals surface area contributed by atoms with Gasteiger partial charge in [0.15, 0.2) is 11.6 Å². The number of amides is 1. The van der Waals surface area contributed by atoms with Gasteiger partial charge in [0.2, 0.25) is 0 Å². The van der Waals surface area contributed by atoms with E-state index in [-0.39, 0.29) is 18.1 Å². The van der Waals surface area contributed by atoms with Gasteiger partial charge in [0, 0.05) is 11.4 Å². The molecule has 0 atom stereocenters. The average molecular weight is 430 g/mol. The summed E-state index contributed by atoms with van der Waals surface area (Å²) in [5, 5.41) is 16.0. The highest BCUT2D eigenvalue weighted by Gasteiger charge is 2.15. The Morgan fingerprint density at radius 3 is 2.72 bits per heavy atom. The number of carbonyl (C=O) groups excluding carboxylic acids is 1. The van der Waals surface area contributed by atoms with Gasteiger partial charge in [-0.15, -0.1) is 0 Å². The maximum Gasteiger partial charge on any atom is 0.291 e. The van der Waals surface area contributed by atoms with Crippen LogP contribution in [-0.4, -0.2) is 15.7 Å². The van der Waals surface area contributed by atoms with Crippen LogP contribution < -0.4 is 10.1 Å². The molecule has 2 heterocycles. The minimum atomic E-state index is -0.521. The van der Waals surface area contributed by atoms with Gasteiger partial charge >= 0.3 is 0 Å². The topological polar surface area (TPSA) is 93.1 Å². The summed E-state index contributed by atoms with van der Waals surface area (Å²) in [6, 6.07) is 18.2. The highest BCUT2D eigenvalue weighted by molar-refractivity contribution is 6.02. The number of hydrogen-bond acceptors (Lipinski definition) is 5. The van der Waals surface area contributed by atoms with Crippen molar-refractivity contribution < 1.29 is 18.3 Å². The number of aryl methyl sites for hydroxylation is 2. The Balaban J connectivity index is 1.42. The van der Waals surface area contributed by atoms with Crippen LogP contribution in [0.1, 0.15) is 33.3 Å². The van der Waals surface area contributed by atoms with Crippen LogP contribution in [0.15, 0.2) is 65.1 Å². The van der Waals surface area contributed by atoms with Gasteiger partial charge in [-0.2, -0.15) is 10.4 Å². The number of nitrogens with one attached hydrogen (secondary N) is 1. The van der Waals surface area contributed by atoms with Crippen molar-refractivity contribution in [2.24, 2.45) is 0 Å². The highest BCUT2D eigenvalue weighted by atomic mass is 19.1. The molecule has 4 rings (SSSR count). The number of anilines is 1. The Morgan fingerprint density at radius 2 is 2.00 bits per heavy atom. The predicted molar refractivity (Wildman–Crippen MR) is 115 cm³/mol. The fourth-order valence-corrected chi connectivity index (χ4v) is 3.23. The summed E-state index contributed by atoms with van der Waals surface area (Å²) in [6.45, 7) is 3.73. The summed E-state index contributed by atoms with van der Waals surface area (Å²) in [6.07, 6.45) is 0. The summed E-state index contributed by atoms with van der Waals surface area (Å²) in [7, 11) is 0. The first kappa shape index (κ1) is 20.9. The van der Waals surface area contributed by atoms with Crippen LogP contribution in [0, 0.1) is 31.0 Å². The molecule has 8 heteroatoms. The van der Waals surface area contributed by atoms with Crippen LogP contribution in [0.3, 0.4) is 0 Å². The molecule has 160 valence electrons. The molecule has 0 spiro atoms. The number of ether oxygens (including phenoxy) is 1. The predicted octanol–water partition coefficient (Wildman–Crippen LogP) is 4.92. The van der Waals surface area contributed by atoms with Gasteiger partial charge in [-0.25, -0.2) is 9.07 Å². The van der Waals surface area contributed by atoms with Gasteiger partial charge in [0.1, 0.15) is 29.9 Å². The van der Waals surface area contributed by atoms with Gasteiger partial charge in [-0.05, 0) is 62.4 Å². The Kier molecular flexibility index (Phi) is 5.73. The van der Waals surface area contributed by atoms with E-state index in [9.17, 15) is 9.18 Å². The van der Waals surface area contributed by atoms with Crippen LogP contribution in [0.4, 0.5) is 10.1 Å². The number of hydrogen-bond donors (Lipinski definition) is 1. The summed E-state index contributed by atoms with van der Waals surface area (Å²) < 4.78 is 27.3. The molecule has 0 fully saturated rings. The number of nitriles is 1. The van der Waals surface area contributed by atoms with Crippen LogP contribution in [0.25, 0.3) is 5.69 Å². The highest BCUT2D eigenvalue weighted by Crippen LogP contribution is 2.22. The van der Waals surface area contributed by atoms with Crippen molar-refractivity contribution in [2.45, 2.75) is 20.5 Å². The number of para-hydroxylation sites is 1. The SMILES string of the molecule is Cc1cc(C)n(-c2ccc(NC(=O)c3ccc(COc4ccccc4C#N)o3)cc2F)n1. The van der Waals surface area contributed by atoms with Crippen molar-refractivity contribution in [1.29, 1.82) is 5.26 Å². The fourth-order valence-electron chi connectivity index (χ4n) is 3.23. The molecule has 2 aromatic carbocycles. The Morgan fingerprint density at radius 1 is 1.19 bits per heavy atom. The van der Waals surface area contributed by atoms with E-state index in [1.165, 1.54) is 16.8 Å². The molecule has 2 aromatic heterocycles. The van der Waals surface area contributed by atoms with Gasteiger partial charge < -0.3 is 14.5 Å². The third kappa shape index (κ3) is 4.37. The van der Waals surface area contributed by atoms with Crippen LogP contribution in [0.2, 0.25) is 0 Å². The van der Waals surface area contributed by atoms with Gasteiger partial charge in [-0.1, -0.05) is 12.1 Å². The Labute approximate surface area is 183 Å². The third-order valence-electron chi connectivity index (χ3n) is 4.71. The van der Waals surface area contributed by atoms with Gasteiger partial charge in [-0.3, -0.25) is 4.79 Å². The minimum absolute atomic E-state index is 0.0535. The van der Waals surface area contributed by atoms with Crippen molar-refractivity contribution in [3.8, 4) is 17.5 Å². The summed E-state index contributed by atoms with van der Waals surface area (Å²) in [5.74, 6) is -0.143. The minimum Gasteiger partial charge on any atom is -0.484 e. The zero-order valence-corrected chi connectivity index (χ0v) is 17.4. The molecular formula is C24H19FN4O3. The first-order valence-corrected chi connectivity index (χ1v) is 9.80. The molecule has 0 aliphatic carbocycles. The molecule has 0 radical (unpaired) electrons. The molecule has 1 N–H and O–H groups in total. The maximum absolute atomic E-state index is 14.6. The smallest absolute Gasteiger partial charge is 0.291 e. The molecule has 32 heavy (non-hydrogen) atoms. The standard InChI is InChI=1S/C24H19FN4O3/c1-15-11-16(2)29(28-15)21-9-7-18(12-20(21)25)27-24(30)23-10-8-19(32-23)14-31-22-6-4-3-5-17(22)13-26/h3-12H,14H2,1-2H3,(H,27,30). The van der Waals surface area contributed by atoms with E-state index in [0.717, 1.165) is 11.4 Å². The first-order valence-electron chi connectivity index (χ1n) is 9.80. The van der Waals surface area contributed by atoms with E-state index in [2.05, 4.69) is 10.4 Å². The average Bonchev–Trinajstić information content (AvgIpc) is 3.38. The number of furan rings is 1. The second kappa shape index (κ2) is 8.78. The molecule has 0 aliphatic heterocycles. The van der Waals surface area contributed by atoms with Crippen molar-refractivity contribution in [3.63, 3.8) is 0 Å². The lowest BCUT2D eigenvalue weighted by atomic mass is 10.2. The Bertz CT molecular complexity index is 1330. The Hall–Kier alpha value is -4.38. The monoisotopic (exact) mass is 430 g/mol. The van der Waals surface area contributed by atoms with E-state index < -0.39 is 11.7 Å². The van der Waals surface area contributed by atoms with Gasteiger partial charge in [0.25, 0.3) is 5.91 Å². The quantitative estimate of drug-likeness (QED) is 0.468. The van der Waals surface area contributed by atoms with Crippen LogP contribution in [0.5, 0.6) is 5.75 Å². The normalized spacial score (nSPS) is 10.6. The number of carbonyl (C=O) groups is 1. The zero-order valence-electron chi connectivity index (χ0n) is 17.4. The van der Waals surface area contributed by atoms with Crippen molar-refractivity contribution >= 4 is 11.6 Å². The van der Waals surface area contributed by atoms with E-state index >= 15 is 0 Å². The molecular weight excluding hydrogens is 411 g/mol. The molecule has 0 saturated heterocycles. The zero-order chi connectivity index (χ0) is 22.7. The second-order valence-corrected chi connectivity index (χ2v) is 7.12. The molecule has 0 unspecified atom stereocenters. The molecule has 1 amide bonds. The number of nitrogens with zero attached hydrogens (tertiary/aromatic N) is 3. The van der Waals surface area contributed by atoms with Gasteiger partial charge in [0.05, 0.1) is 11.3 Å². The summed E-state index contributed by atoms with van der Waals surface area (Å²) >= 11 is 0. The largest absolute Gasteiger partial charge is 0.484 e. The van der Waals surface area contributed by atoms with E-state index in [1.807, 2.05) is 26.0 Å². The number of rotatable bonds is 6. The second-order valence-electron chi connectivity index (χ2n) is 7.12. The number of benzene rings is 2. The number of halogens is 1. The maximum atomic E-state index is 14.6. The molecule has 0 saturated carbocycles. The van der Waals surface area contributed by atoms with E-state index in [1.54, 1.807) is 42.5 Å². The van der Waals surface area contributed by atoms with Crippen molar-refractivity contribution in [1.82, 2.24) is 9.78 Å². The molecule has 0 aliphatic rings. The lowest BCUT2D eigenvalue weighted by molar-refractivity contribution is 0.0992. The summed E-state index contributed by atoms with van der Waals surface area (Å²) in [4.78, 5) is 12.5. The molecule has 0 bridgehead atoms. The van der Waals surface area contributed by atoms with Crippen LogP contribution >= 0.6 is 0 Å². The van der Waals surface area contributed by atoms with E-state index in [0.29, 0.717) is 22.8 Å². The van der Waals surface area contributed by atoms with Crippen molar-refractivity contribution in [2.75, 3.05) is 5.32 Å². The fraction of sp³-hybridized carbons (Fsp3) is 0.125. The number of aromatic nitrogens is 2. The summed E-state index contributed by atoms with van der Waals surface area (Å²) in [5.41, 5.74) is 2.58. The van der Waals surface area contributed by atoms with E-state index in [4.69, 9.17) is 14.4 Å². The van der Waals surface area contributed by atoms with Crippen molar-refractivity contribution in [3.05, 3.63) is 95.0 Å². The lowest BCUT2D eigenvalue weighted by Gasteiger charge is -2.09. The lowest BCUT2D eigenvalue weighted by Crippen LogP contribution is -2.11. The first-order chi connectivity index (χ1) is 15.4. The molecule has 4 aromatic rings. The van der Waals surface area contributed by atoms with Crippen LogP contribution in [-0.2, 0) is 6.61 Å².